The summed E-state index contributed by atoms with van der Waals surface area (Å²) in [6, 6.07) is 15.0. The second-order valence-electron chi connectivity index (χ2n) is 3.89. The van der Waals surface area contributed by atoms with Crippen LogP contribution in [0.3, 0.4) is 0 Å². The minimum absolute atomic E-state index is 0.00744. The van der Waals surface area contributed by atoms with Crippen molar-refractivity contribution in [3.05, 3.63) is 75.8 Å². The lowest BCUT2D eigenvalue weighted by molar-refractivity contribution is -0.384. The van der Waals surface area contributed by atoms with E-state index >= 15 is 0 Å². The number of nitro benzene ring substituents is 1. The molecule has 0 unspecified atom stereocenters. The van der Waals surface area contributed by atoms with E-state index in [1.54, 1.807) is 0 Å². The Hall–Kier alpha value is -2.64. The molecule has 0 aromatic heterocycles. The minimum Gasteiger partial charge on any atom is -0.376 e. The Morgan fingerprint density at radius 1 is 1.05 bits per heavy atom. The molecule has 0 heterocycles. The summed E-state index contributed by atoms with van der Waals surface area (Å²) in [6.07, 6.45) is -0.957. The van der Waals surface area contributed by atoms with Gasteiger partial charge in [-0.05, 0) is 29.8 Å². The fourth-order valence-electron chi connectivity index (χ4n) is 1.53. The van der Waals surface area contributed by atoms with Crippen LogP contribution < -0.4 is 0 Å². The van der Waals surface area contributed by atoms with E-state index in [4.69, 9.17) is 0 Å². The lowest BCUT2D eigenvalue weighted by Crippen LogP contribution is -1.94. The van der Waals surface area contributed by atoms with Crippen LogP contribution in [0.2, 0.25) is 0 Å². The average molecular weight is 253 g/mol. The van der Waals surface area contributed by atoms with Gasteiger partial charge in [0, 0.05) is 17.7 Å². The first-order valence-corrected chi connectivity index (χ1v) is 5.66. The molecule has 19 heavy (non-hydrogen) atoms. The molecule has 0 saturated heterocycles. The standard InChI is InChI=1S/C15H11NO3/c17-15(11-6-12-4-2-1-3-5-12)13-7-9-14(10-8-13)16(18)19/h1-5,7-10,15,17H/t15-/m0/s1. The first-order chi connectivity index (χ1) is 9.16. The number of nitro groups is 1. The van der Waals surface area contributed by atoms with Gasteiger partial charge in [-0.1, -0.05) is 30.0 Å². The topological polar surface area (TPSA) is 63.4 Å². The van der Waals surface area contributed by atoms with E-state index in [0.717, 1.165) is 5.56 Å². The van der Waals surface area contributed by atoms with E-state index in [2.05, 4.69) is 11.8 Å². The summed E-state index contributed by atoms with van der Waals surface area (Å²) in [7, 11) is 0. The van der Waals surface area contributed by atoms with E-state index in [1.165, 1.54) is 24.3 Å². The first-order valence-electron chi connectivity index (χ1n) is 5.66. The van der Waals surface area contributed by atoms with Crippen LogP contribution in [-0.2, 0) is 0 Å². The molecule has 0 radical (unpaired) electrons. The Labute approximate surface area is 110 Å². The number of nitrogens with zero attached hydrogens (tertiary/aromatic N) is 1. The second kappa shape index (κ2) is 5.80. The van der Waals surface area contributed by atoms with Crippen molar-refractivity contribution < 1.29 is 10.0 Å². The van der Waals surface area contributed by atoms with Gasteiger partial charge < -0.3 is 5.11 Å². The Morgan fingerprint density at radius 3 is 2.26 bits per heavy atom. The number of non-ortho nitro benzene ring substituents is 1. The Balaban J connectivity index is 2.14. The van der Waals surface area contributed by atoms with Crippen molar-refractivity contribution in [3.8, 4) is 11.8 Å². The van der Waals surface area contributed by atoms with E-state index in [0.29, 0.717) is 5.56 Å². The molecule has 0 amide bonds. The summed E-state index contributed by atoms with van der Waals surface area (Å²) in [5.41, 5.74) is 1.34. The lowest BCUT2D eigenvalue weighted by Gasteiger charge is -2.02. The Bertz CT molecular complexity index is 624. The summed E-state index contributed by atoms with van der Waals surface area (Å²) in [5, 5.41) is 20.4. The van der Waals surface area contributed by atoms with Crippen LogP contribution in [0.5, 0.6) is 0 Å². The van der Waals surface area contributed by atoms with E-state index in [-0.39, 0.29) is 5.69 Å². The molecular formula is C15H11NO3. The van der Waals surface area contributed by atoms with Crippen LogP contribution in [0, 0.1) is 22.0 Å². The molecule has 0 bridgehead atoms. The molecule has 0 aliphatic carbocycles. The van der Waals surface area contributed by atoms with Gasteiger partial charge >= 0.3 is 0 Å². The summed E-state index contributed by atoms with van der Waals surface area (Å²) in [5.74, 6) is 5.55. The molecule has 2 rings (SSSR count). The highest BCUT2D eigenvalue weighted by Crippen LogP contribution is 2.17. The van der Waals surface area contributed by atoms with Gasteiger partial charge in [-0.15, -0.1) is 0 Å². The molecular weight excluding hydrogens is 242 g/mol. The smallest absolute Gasteiger partial charge is 0.269 e. The third kappa shape index (κ3) is 3.41. The number of benzene rings is 2. The fourth-order valence-corrected chi connectivity index (χ4v) is 1.53. The van der Waals surface area contributed by atoms with Gasteiger partial charge in [0.05, 0.1) is 4.92 Å². The number of aliphatic hydroxyl groups excluding tert-OH is 1. The monoisotopic (exact) mass is 253 g/mol. The summed E-state index contributed by atoms with van der Waals surface area (Å²) in [6.45, 7) is 0. The molecule has 2 aromatic rings. The van der Waals surface area contributed by atoms with Crippen LogP contribution in [0.1, 0.15) is 17.2 Å². The maximum atomic E-state index is 10.5. The molecule has 0 saturated carbocycles. The average Bonchev–Trinajstić information content (AvgIpc) is 2.46. The minimum atomic E-state index is -0.957. The number of rotatable bonds is 2. The molecule has 4 heteroatoms. The maximum Gasteiger partial charge on any atom is 0.269 e. The van der Waals surface area contributed by atoms with Crippen LogP contribution in [-0.4, -0.2) is 10.0 Å². The highest BCUT2D eigenvalue weighted by atomic mass is 16.6. The third-order valence-electron chi connectivity index (χ3n) is 2.55. The zero-order valence-corrected chi connectivity index (χ0v) is 9.98. The van der Waals surface area contributed by atoms with Crippen molar-refractivity contribution in [2.45, 2.75) is 6.10 Å². The number of hydrogen-bond acceptors (Lipinski definition) is 3. The molecule has 0 aliphatic rings. The molecule has 0 fully saturated rings. The molecule has 1 atom stereocenters. The third-order valence-corrected chi connectivity index (χ3v) is 2.55. The van der Waals surface area contributed by atoms with Crippen molar-refractivity contribution in [3.63, 3.8) is 0 Å². The fraction of sp³-hybridized carbons (Fsp3) is 0.0667. The summed E-state index contributed by atoms with van der Waals surface area (Å²) in [4.78, 5) is 10.0. The zero-order chi connectivity index (χ0) is 13.7. The van der Waals surface area contributed by atoms with Gasteiger partial charge in [-0.3, -0.25) is 10.1 Å². The molecule has 1 N–H and O–H groups in total. The van der Waals surface area contributed by atoms with Crippen molar-refractivity contribution in [2.24, 2.45) is 0 Å². The SMILES string of the molecule is O=[N+]([O-])c1ccc([C@@H](O)C#Cc2ccccc2)cc1. The maximum absolute atomic E-state index is 10.5. The first kappa shape index (κ1) is 12.8. The van der Waals surface area contributed by atoms with Crippen LogP contribution in [0.25, 0.3) is 0 Å². The van der Waals surface area contributed by atoms with Crippen LogP contribution in [0.4, 0.5) is 5.69 Å². The van der Waals surface area contributed by atoms with Gasteiger partial charge in [-0.25, -0.2) is 0 Å². The van der Waals surface area contributed by atoms with Crippen molar-refractivity contribution in [1.82, 2.24) is 0 Å². The van der Waals surface area contributed by atoms with Gasteiger partial charge in [0.25, 0.3) is 5.69 Å². The number of hydrogen-bond donors (Lipinski definition) is 1. The zero-order valence-electron chi connectivity index (χ0n) is 9.98. The summed E-state index contributed by atoms with van der Waals surface area (Å²) < 4.78 is 0. The largest absolute Gasteiger partial charge is 0.376 e. The van der Waals surface area contributed by atoms with E-state index in [9.17, 15) is 15.2 Å². The molecule has 0 spiro atoms. The lowest BCUT2D eigenvalue weighted by atomic mass is 10.1. The van der Waals surface area contributed by atoms with Crippen molar-refractivity contribution >= 4 is 5.69 Å². The molecule has 4 nitrogen and oxygen atoms in total. The van der Waals surface area contributed by atoms with Crippen LogP contribution in [0.15, 0.2) is 54.6 Å². The van der Waals surface area contributed by atoms with E-state index in [1.807, 2.05) is 30.3 Å². The van der Waals surface area contributed by atoms with Crippen molar-refractivity contribution in [2.75, 3.05) is 0 Å². The molecule has 2 aromatic carbocycles. The van der Waals surface area contributed by atoms with Gasteiger partial charge in [-0.2, -0.15) is 0 Å². The molecule has 0 aliphatic heterocycles. The van der Waals surface area contributed by atoms with Gasteiger partial charge in [0.1, 0.15) is 6.10 Å². The summed E-state index contributed by atoms with van der Waals surface area (Å²) >= 11 is 0. The van der Waals surface area contributed by atoms with Crippen LogP contribution >= 0.6 is 0 Å². The highest BCUT2D eigenvalue weighted by molar-refractivity contribution is 5.39. The predicted octanol–water partition coefficient (Wildman–Crippen LogP) is 2.68. The van der Waals surface area contributed by atoms with Gasteiger partial charge in [0.15, 0.2) is 0 Å². The van der Waals surface area contributed by atoms with E-state index < -0.39 is 11.0 Å². The predicted molar refractivity (Wildman–Crippen MR) is 71.4 cm³/mol. The normalized spacial score (nSPS) is 11.2. The second-order valence-corrected chi connectivity index (χ2v) is 3.89. The highest BCUT2D eigenvalue weighted by Gasteiger charge is 2.07. The Morgan fingerprint density at radius 2 is 1.68 bits per heavy atom. The van der Waals surface area contributed by atoms with Crippen molar-refractivity contribution in [1.29, 1.82) is 0 Å². The Kier molecular flexibility index (Phi) is 3.91. The quantitative estimate of drug-likeness (QED) is 0.508. The molecule has 94 valence electrons. The number of aliphatic hydroxyl groups is 1. The van der Waals surface area contributed by atoms with Gasteiger partial charge in [0.2, 0.25) is 0 Å².